The summed E-state index contributed by atoms with van der Waals surface area (Å²) < 4.78 is 12.7. The third-order valence-electron chi connectivity index (χ3n) is 3.91. The summed E-state index contributed by atoms with van der Waals surface area (Å²) in [7, 11) is 1.71. The molecule has 1 amide bonds. The minimum absolute atomic E-state index is 0.221. The van der Waals surface area contributed by atoms with Crippen molar-refractivity contribution < 1.29 is 14.3 Å². The zero-order valence-corrected chi connectivity index (χ0v) is 15.4. The molecule has 7 nitrogen and oxygen atoms in total. The Morgan fingerprint density at radius 2 is 1.92 bits per heavy atom. The van der Waals surface area contributed by atoms with Crippen LogP contribution in [-0.2, 0) is 7.05 Å². The van der Waals surface area contributed by atoms with Crippen molar-refractivity contribution in [3.8, 4) is 11.5 Å². The van der Waals surface area contributed by atoms with E-state index in [2.05, 4.69) is 10.4 Å². The highest BCUT2D eigenvalue weighted by atomic mass is 16.5. The third kappa shape index (κ3) is 4.04. The molecule has 25 heavy (non-hydrogen) atoms. The predicted octanol–water partition coefficient (Wildman–Crippen LogP) is 2.60. The minimum Gasteiger partial charge on any atom is -0.490 e. The summed E-state index contributed by atoms with van der Waals surface area (Å²) in [5.41, 5.74) is 7.87. The van der Waals surface area contributed by atoms with E-state index < -0.39 is 0 Å². The molecule has 0 bridgehead atoms. The van der Waals surface area contributed by atoms with Gasteiger partial charge in [0.25, 0.3) is 5.91 Å². The smallest absolute Gasteiger partial charge is 0.257 e. The monoisotopic (exact) mass is 346 g/mol. The van der Waals surface area contributed by atoms with Gasteiger partial charge in [-0.2, -0.15) is 5.10 Å². The number of benzene rings is 1. The number of ether oxygens (including phenoxy) is 2. The lowest BCUT2D eigenvalue weighted by atomic mass is 10.1. The Bertz CT molecular complexity index is 755. The summed E-state index contributed by atoms with van der Waals surface area (Å²) in [6.45, 7) is 8.61. The third-order valence-corrected chi connectivity index (χ3v) is 3.91. The molecule has 0 aliphatic rings. The highest BCUT2D eigenvalue weighted by molar-refractivity contribution is 5.99. The van der Waals surface area contributed by atoms with Crippen LogP contribution in [0.15, 0.2) is 18.2 Å². The predicted molar refractivity (Wildman–Crippen MR) is 97.0 cm³/mol. The van der Waals surface area contributed by atoms with Crippen molar-refractivity contribution in [2.24, 2.45) is 7.05 Å². The minimum atomic E-state index is -0.248. The van der Waals surface area contributed by atoms with E-state index in [1.165, 1.54) is 4.68 Å². The van der Waals surface area contributed by atoms with Gasteiger partial charge in [-0.1, -0.05) is 6.07 Å². The first-order valence-electron chi connectivity index (χ1n) is 8.38. The fourth-order valence-corrected chi connectivity index (χ4v) is 2.65. The van der Waals surface area contributed by atoms with Gasteiger partial charge in [-0.25, -0.2) is 0 Å². The largest absolute Gasteiger partial charge is 0.490 e. The molecule has 3 N–H and O–H groups in total. The molecule has 0 spiro atoms. The van der Waals surface area contributed by atoms with Crippen molar-refractivity contribution >= 4 is 11.7 Å². The second-order valence-electron chi connectivity index (χ2n) is 5.74. The standard InChI is InChI=1S/C18H26N4O3/c1-6-24-14-9-8-13(10-15(14)25-7-2)11(3)20-18(23)16-12(4)21-22(5)17(16)19/h8-11H,6-7,19H2,1-5H3,(H,20,23)/t11-/m0/s1. The molecule has 0 saturated heterocycles. The molecule has 2 rings (SSSR count). The van der Waals surface area contributed by atoms with Crippen LogP contribution in [0.3, 0.4) is 0 Å². The molecule has 0 unspecified atom stereocenters. The Morgan fingerprint density at radius 1 is 1.28 bits per heavy atom. The Balaban J connectivity index is 2.21. The number of nitrogens with zero attached hydrogens (tertiary/aromatic N) is 2. The fourth-order valence-electron chi connectivity index (χ4n) is 2.65. The molecule has 1 aromatic heterocycles. The summed E-state index contributed by atoms with van der Waals surface area (Å²) in [5.74, 6) is 1.46. The zero-order valence-electron chi connectivity index (χ0n) is 15.4. The van der Waals surface area contributed by atoms with Crippen LogP contribution in [0.1, 0.15) is 48.4 Å². The molecule has 1 atom stereocenters. The number of carbonyl (C=O) groups is 1. The normalized spacial score (nSPS) is 11.9. The maximum atomic E-state index is 12.6. The first-order valence-corrected chi connectivity index (χ1v) is 8.38. The van der Waals surface area contributed by atoms with Gasteiger partial charge in [-0.15, -0.1) is 0 Å². The van der Waals surface area contributed by atoms with Crippen LogP contribution < -0.4 is 20.5 Å². The lowest BCUT2D eigenvalue weighted by Crippen LogP contribution is -2.27. The van der Waals surface area contributed by atoms with Crippen molar-refractivity contribution in [2.45, 2.75) is 33.7 Å². The molecule has 7 heteroatoms. The number of anilines is 1. The second kappa shape index (κ2) is 7.92. The molecular formula is C18H26N4O3. The number of nitrogens with two attached hydrogens (primary N) is 1. The molecule has 0 aliphatic carbocycles. The van der Waals surface area contributed by atoms with E-state index in [9.17, 15) is 4.79 Å². The second-order valence-corrected chi connectivity index (χ2v) is 5.74. The number of nitrogens with one attached hydrogen (secondary N) is 1. The van der Waals surface area contributed by atoms with Gasteiger partial charge in [0.05, 0.1) is 24.9 Å². The van der Waals surface area contributed by atoms with E-state index in [-0.39, 0.29) is 11.9 Å². The molecular weight excluding hydrogens is 320 g/mol. The Kier molecular flexibility index (Phi) is 5.90. The number of hydrogen-bond donors (Lipinski definition) is 2. The Hall–Kier alpha value is -2.70. The van der Waals surface area contributed by atoms with Crippen LogP contribution in [0.4, 0.5) is 5.82 Å². The summed E-state index contributed by atoms with van der Waals surface area (Å²) in [6, 6.07) is 5.44. The van der Waals surface area contributed by atoms with Crippen LogP contribution in [0.2, 0.25) is 0 Å². The van der Waals surface area contributed by atoms with Gasteiger partial charge in [0.2, 0.25) is 0 Å². The lowest BCUT2D eigenvalue weighted by molar-refractivity contribution is 0.0940. The number of amides is 1. The summed E-state index contributed by atoms with van der Waals surface area (Å²) in [4.78, 5) is 12.6. The van der Waals surface area contributed by atoms with Gasteiger partial charge in [-0.05, 0) is 45.4 Å². The van der Waals surface area contributed by atoms with E-state index >= 15 is 0 Å². The summed E-state index contributed by atoms with van der Waals surface area (Å²) >= 11 is 0. The van der Waals surface area contributed by atoms with Crippen molar-refractivity contribution in [3.63, 3.8) is 0 Å². The van der Waals surface area contributed by atoms with Gasteiger partial charge < -0.3 is 20.5 Å². The van der Waals surface area contributed by atoms with Gasteiger partial charge >= 0.3 is 0 Å². The van der Waals surface area contributed by atoms with E-state index in [0.29, 0.717) is 41.8 Å². The van der Waals surface area contributed by atoms with Crippen LogP contribution >= 0.6 is 0 Å². The number of aryl methyl sites for hydroxylation is 2. The van der Waals surface area contributed by atoms with Crippen LogP contribution in [0.5, 0.6) is 11.5 Å². The number of rotatable bonds is 7. The van der Waals surface area contributed by atoms with Gasteiger partial charge in [0, 0.05) is 7.05 Å². The molecule has 0 saturated carbocycles. The number of carbonyl (C=O) groups excluding carboxylic acids is 1. The first-order chi connectivity index (χ1) is 11.9. The SMILES string of the molecule is CCOc1ccc([C@H](C)NC(=O)c2c(C)nn(C)c2N)cc1OCC. The summed E-state index contributed by atoms with van der Waals surface area (Å²) in [5, 5.41) is 7.14. The highest BCUT2D eigenvalue weighted by Gasteiger charge is 2.20. The summed E-state index contributed by atoms with van der Waals surface area (Å²) in [6.07, 6.45) is 0. The first kappa shape index (κ1) is 18.6. The lowest BCUT2D eigenvalue weighted by Gasteiger charge is -2.17. The quantitative estimate of drug-likeness (QED) is 0.804. The number of nitrogen functional groups attached to an aromatic ring is 1. The van der Waals surface area contributed by atoms with Crippen molar-refractivity contribution in [1.29, 1.82) is 0 Å². The molecule has 2 aromatic rings. The topological polar surface area (TPSA) is 91.4 Å². The van der Waals surface area contributed by atoms with E-state index in [4.69, 9.17) is 15.2 Å². The molecule has 0 aliphatic heterocycles. The Labute approximate surface area is 148 Å². The average Bonchev–Trinajstić information content (AvgIpc) is 2.82. The van der Waals surface area contributed by atoms with Crippen molar-refractivity contribution in [2.75, 3.05) is 18.9 Å². The molecule has 1 heterocycles. The highest BCUT2D eigenvalue weighted by Crippen LogP contribution is 2.31. The van der Waals surface area contributed by atoms with Crippen molar-refractivity contribution in [1.82, 2.24) is 15.1 Å². The number of hydrogen-bond acceptors (Lipinski definition) is 5. The van der Waals surface area contributed by atoms with Gasteiger partial charge in [0.15, 0.2) is 11.5 Å². The van der Waals surface area contributed by atoms with E-state index in [1.54, 1.807) is 14.0 Å². The van der Waals surface area contributed by atoms with E-state index in [0.717, 1.165) is 5.56 Å². The van der Waals surface area contributed by atoms with Gasteiger partial charge in [0.1, 0.15) is 11.4 Å². The van der Waals surface area contributed by atoms with E-state index in [1.807, 2.05) is 39.0 Å². The maximum absolute atomic E-state index is 12.6. The van der Waals surface area contributed by atoms with Crippen LogP contribution in [0, 0.1) is 6.92 Å². The average molecular weight is 346 g/mol. The zero-order chi connectivity index (χ0) is 18.6. The fraction of sp³-hybridized carbons (Fsp3) is 0.444. The maximum Gasteiger partial charge on any atom is 0.257 e. The molecule has 136 valence electrons. The number of aromatic nitrogens is 2. The van der Waals surface area contributed by atoms with Gasteiger partial charge in [-0.3, -0.25) is 9.48 Å². The van der Waals surface area contributed by atoms with Crippen LogP contribution in [-0.4, -0.2) is 28.9 Å². The van der Waals surface area contributed by atoms with Crippen LogP contribution in [0.25, 0.3) is 0 Å². The molecule has 1 aromatic carbocycles. The van der Waals surface area contributed by atoms with Crippen molar-refractivity contribution in [3.05, 3.63) is 35.0 Å². The Morgan fingerprint density at radius 3 is 2.48 bits per heavy atom. The molecule has 0 radical (unpaired) electrons. The molecule has 0 fully saturated rings.